The van der Waals surface area contributed by atoms with Crippen molar-refractivity contribution < 1.29 is 9.59 Å². The maximum absolute atomic E-state index is 14.3. The molecule has 54 heavy (non-hydrogen) atoms. The molecular weight excluding hydrogens is 715 g/mol. The van der Waals surface area contributed by atoms with Crippen LogP contribution in [0.2, 0.25) is 10.0 Å². The van der Waals surface area contributed by atoms with Crippen molar-refractivity contribution in [1.82, 2.24) is 9.97 Å². The number of benzene rings is 6. The van der Waals surface area contributed by atoms with Gasteiger partial charge in [0, 0.05) is 37.6 Å². The lowest BCUT2D eigenvalue weighted by Crippen LogP contribution is -2.15. The van der Waals surface area contributed by atoms with Gasteiger partial charge in [-0.3, -0.25) is 9.59 Å². The number of carbonyl (C=O) groups excluding carboxylic acids is 2. The number of hydrogen-bond donors (Lipinski definition) is 2. The Balaban J connectivity index is 1.18. The van der Waals surface area contributed by atoms with Crippen molar-refractivity contribution in [1.29, 1.82) is 0 Å². The van der Waals surface area contributed by atoms with Gasteiger partial charge in [-0.2, -0.15) is 5.11 Å². The van der Waals surface area contributed by atoms with E-state index >= 15 is 0 Å². The number of fused-ring (bicyclic) bond motifs is 2. The molecule has 10 heteroatoms. The summed E-state index contributed by atoms with van der Waals surface area (Å²) in [6.07, 6.45) is 0. The van der Waals surface area contributed by atoms with Crippen LogP contribution in [0.1, 0.15) is 20.7 Å². The van der Waals surface area contributed by atoms with Crippen molar-refractivity contribution in [2.75, 3.05) is 10.6 Å². The van der Waals surface area contributed by atoms with Crippen LogP contribution < -0.4 is 10.6 Å². The summed E-state index contributed by atoms with van der Waals surface area (Å²) in [5, 5.41) is 17.3. The van der Waals surface area contributed by atoms with E-state index in [-0.39, 0.29) is 5.91 Å². The van der Waals surface area contributed by atoms with Gasteiger partial charge in [0.15, 0.2) is 0 Å². The van der Waals surface area contributed by atoms with Gasteiger partial charge in [-0.05, 0) is 66.7 Å². The molecule has 260 valence electrons. The van der Waals surface area contributed by atoms with E-state index in [0.717, 1.165) is 0 Å². The van der Waals surface area contributed by atoms with Gasteiger partial charge in [0.1, 0.15) is 5.69 Å². The maximum Gasteiger partial charge on any atom is 0.256 e. The number of pyridine rings is 2. The van der Waals surface area contributed by atoms with Crippen LogP contribution in [0.4, 0.5) is 22.7 Å². The molecule has 0 atom stereocenters. The molecule has 2 aromatic heterocycles. The molecule has 0 bridgehead atoms. The molecule has 8 rings (SSSR count). The lowest BCUT2D eigenvalue weighted by Gasteiger charge is -2.14. The number of hydrogen-bond acceptors (Lipinski definition) is 6. The third-order valence-electron chi connectivity index (χ3n) is 8.75. The SMILES string of the molecule is O=C(Nc1ccc(N=Nc2ccccc2)c(NC(=O)c2cc(-c3ccccc3Cl)nc3ccccc23)c1)c1cc(-c2ccccc2Cl)nc2ccccc12. The normalized spacial score (nSPS) is 11.2. The van der Waals surface area contributed by atoms with Crippen LogP contribution in [-0.2, 0) is 0 Å². The van der Waals surface area contributed by atoms with E-state index in [1.807, 2.05) is 115 Å². The number of anilines is 2. The number of aromatic nitrogens is 2. The molecule has 2 N–H and O–H groups in total. The van der Waals surface area contributed by atoms with Crippen LogP contribution in [-0.4, -0.2) is 21.8 Å². The minimum Gasteiger partial charge on any atom is -0.322 e. The Morgan fingerprint density at radius 3 is 1.57 bits per heavy atom. The molecule has 2 amide bonds. The second-order valence-electron chi connectivity index (χ2n) is 12.3. The molecule has 0 aliphatic rings. The van der Waals surface area contributed by atoms with Gasteiger partial charge in [0.05, 0.1) is 44.9 Å². The summed E-state index contributed by atoms with van der Waals surface area (Å²) >= 11 is 13.1. The highest BCUT2D eigenvalue weighted by Crippen LogP contribution is 2.35. The average Bonchev–Trinajstić information content (AvgIpc) is 3.20. The first-order chi connectivity index (χ1) is 26.4. The first-order valence-corrected chi connectivity index (χ1v) is 17.7. The highest BCUT2D eigenvalue weighted by atomic mass is 35.5. The van der Waals surface area contributed by atoms with Crippen molar-refractivity contribution in [3.8, 4) is 22.5 Å². The molecule has 0 unspecified atom stereocenters. The molecule has 8 aromatic rings. The number of carbonyl (C=O) groups is 2. The highest BCUT2D eigenvalue weighted by molar-refractivity contribution is 6.33. The molecule has 6 aromatic carbocycles. The number of nitrogens with one attached hydrogen (secondary N) is 2. The zero-order valence-electron chi connectivity index (χ0n) is 28.4. The fourth-order valence-electron chi connectivity index (χ4n) is 6.14. The van der Waals surface area contributed by atoms with Crippen LogP contribution in [0.3, 0.4) is 0 Å². The molecule has 8 nitrogen and oxygen atoms in total. The van der Waals surface area contributed by atoms with E-state index in [1.54, 1.807) is 42.5 Å². The van der Waals surface area contributed by atoms with E-state index in [2.05, 4.69) is 20.9 Å². The van der Waals surface area contributed by atoms with Crippen LogP contribution in [0.5, 0.6) is 0 Å². The van der Waals surface area contributed by atoms with E-state index in [9.17, 15) is 9.59 Å². The molecule has 0 fully saturated rings. The van der Waals surface area contributed by atoms with Crippen LogP contribution in [0, 0.1) is 0 Å². The van der Waals surface area contributed by atoms with Crippen LogP contribution in [0.15, 0.2) is 168 Å². The fourth-order valence-corrected chi connectivity index (χ4v) is 6.60. The zero-order chi connectivity index (χ0) is 37.0. The minimum absolute atomic E-state index is 0.328. The molecule has 0 saturated carbocycles. The summed E-state index contributed by atoms with van der Waals surface area (Å²) in [7, 11) is 0. The zero-order valence-corrected chi connectivity index (χ0v) is 29.9. The quantitative estimate of drug-likeness (QED) is 0.151. The Morgan fingerprint density at radius 1 is 0.500 bits per heavy atom. The number of amides is 2. The van der Waals surface area contributed by atoms with Crippen molar-refractivity contribution in [2.24, 2.45) is 10.2 Å². The van der Waals surface area contributed by atoms with Gasteiger partial charge in [0.2, 0.25) is 0 Å². The second kappa shape index (κ2) is 15.1. The average molecular weight is 744 g/mol. The van der Waals surface area contributed by atoms with Gasteiger partial charge in [-0.25, -0.2) is 9.97 Å². The predicted octanol–water partition coefficient (Wildman–Crippen LogP) is 12.3. The molecule has 0 radical (unpaired) electrons. The summed E-state index contributed by atoms with van der Waals surface area (Å²) in [6.45, 7) is 0. The van der Waals surface area contributed by atoms with E-state index in [1.165, 1.54) is 0 Å². The van der Waals surface area contributed by atoms with Crippen molar-refractivity contribution in [2.45, 2.75) is 0 Å². The van der Waals surface area contributed by atoms with Gasteiger partial charge in [0.25, 0.3) is 11.8 Å². The molecule has 0 aliphatic carbocycles. The maximum atomic E-state index is 14.3. The van der Waals surface area contributed by atoms with Crippen molar-refractivity contribution in [3.05, 3.63) is 179 Å². The topological polar surface area (TPSA) is 109 Å². The minimum atomic E-state index is -0.411. The first-order valence-electron chi connectivity index (χ1n) is 16.9. The third kappa shape index (κ3) is 7.16. The Kier molecular flexibility index (Phi) is 9.60. The highest BCUT2D eigenvalue weighted by Gasteiger charge is 2.19. The third-order valence-corrected chi connectivity index (χ3v) is 9.41. The fraction of sp³-hybridized carbons (Fsp3) is 0. The molecule has 0 saturated heterocycles. The number of rotatable bonds is 8. The smallest absolute Gasteiger partial charge is 0.256 e. The Bertz CT molecular complexity index is 2750. The molecular formula is C44H28Cl2N6O2. The Morgan fingerprint density at radius 2 is 1.00 bits per heavy atom. The monoisotopic (exact) mass is 742 g/mol. The van der Waals surface area contributed by atoms with Gasteiger partial charge < -0.3 is 10.6 Å². The van der Waals surface area contributed by atoms with E-state index < -0.39 is 5.91 Å². The summed E-state index contributed by atoms with van der Waals surface area (Å²) in [5.74, 6) is -0.784. The predicted molar refractivity (Wildman–Crippen MR) is 217 cm³/mol. The number of nitrogens with zero attached hydrogens (tertiary/aromatic N) is 4. The summed E-state index contributed by atoms with van der Waals surface area (Å²) in [4.78, 5) is 38.0. The van der Waals surface area contributed by atoms with Gasteiger partial charge >= 0.3 is 0 Å². The largest absolute Gasteiger partial charge is 0.322 e. The van der Waals surface area contributed by atoms with E-state index in [0.29, 0.717) is 88.2 Å². The lowest BCUT2D eigenvalue weighted by atomic mass is 10.0. The number of azo groups is 1. The number of para-hydroxylation sites is 2. The number of halogens is 2. The first kappa shape index (κ1) is 34.4. The molecule has 2 heterocycles. The molecule has 0 spiro atoms. The van der Waals surface area contributed by atoms with Gasteiger partial charge in [-0.15, -0.1) is 5.11 Å². The van der Waals surface area contributed by atoms with Gasteiger partial charge in [-0.1, -0.05) is 114 Å². The Hall–Kier alpha value is -6.74. The lowest BCUT2D eigenvalue weighted by molar-refractivity contribution is 0.102. The standard InChI is InChI=1S/C44H28Cl2N6O2/c45-35-18-8-4-16-31(35)40-25-33(29-14-6-10-20-37(29)48-40)43(53)47-28-22-23-39(52-51-27-12-2-1-3-13-27)42(24-28)50-44(54)34-26-41(32-17-5-9-19-36(32)46)49-38-21-11-7-15-30(34)38/h1-26H,(H,47,53)(H,50,54). The van der Waals surface area contributed by atoms with Crippen molar-refractivity contribution >= 4 is 79.6 Å². The van der Waals surface area contributed by atoms with Crippen LogP contribution >= 0.6 is 23.2 Å². The van der Waals surface area contributed by atoms with Crippen molar-refractivity contribution in [3.63, 3.8) is 0 Å². The van der Waals surface area contributed by atoms with Crippen LogP contribution in [0.25, 0.3) is 44.3 Å². The Labute approximate surface area is 320 Å². The summed E-state index contributed by atoms with van der Waals surface area (Å²) < 4.78 is 0. The second-order valence-corrected chi connectivity index (χ2v) is 13.1. The summed E-state index contributed by atoms with van der Waals surface area (Å²) in [6, 6.07) is 47.3. The molecule has 0 aliphatic heterocycles. The van der Waals surface area contributed by atoms with E-state index in [4.69, 9.17) is 33.2 Å². The summed E-state index contributed by atoms with van der Waals surface area (Å²) in [5.41, 5.74) is 6.35.